The van der Waals surface area contributed by atoms with Crippen molar-refractivity contribution in [1.82, 2.24) is 4.90 Å². The molecule has 160 valence electrons. The van der Waals surface area contributed by atoms with E-state index in [0.717, 1.165) is 18.2 Å². The predicted octanol–water partition coefficient (Wildman–Crippen LogP) is 3.60. The van der Waals surface area contributed by atoms with Crippen molar-refractivity contribution >= 4 is 23.3 Å². The first-order valence-corrected chi connectivity index (χ1v) is 8.98. The second kappa shape index (κ2) is 8.52. The van der Waals surface area contributed by atoms with Crippen molar-refractivity contribution in [3.63, 3.8) is 0 Å². The molecule has 0 bridgehead atoms. The van der Waals surface area contributed by atoms with Gasteiger partial charge in [0, 0.05) is 18.8 Å². The van der Waals surface area contributed by atoms with Crippen LogP contribution in [0.25, 0.3) is 0 Å². The fraction of sp³-hybridized carbons (Fsp3) is 0.300. The van der Waals surface area contributed by atoms with Gasteiger partial charge in [0.05, 0.1) is 25.5 Å². The average molecular weight is 423 g/mol. The molecule has 1 aliphatic heterocycles. The van der Waals surface area contributed by atoms with Gasteiger partial charge in [-0.05, 0) is 42.5 Å². The highest BCUT2D eigenvalue weighted by Crippen LogP contribution is 2.35. The molecule has 3 amide bonds. The van der Waals surface area contributed by atoms with Crippen LogP contribution in [-0.4, -0.2) is 50.7 Å². The molecule has 0 saturated carbocycles. The lowest BCUT2D eigenvalue weighted by Gasteiger charge is -2.19. The van der Waals surface area contributed by atoms with Gasteiger partial charge in [0.1, 0.15) is 18.0 Å². The Hall–Kier alpha value is -3.43. The predicted molar refractivity (Wildman–Crippen MR) is 104 cm³/mol. The zero-order chi connectivity index (χ0) is 21.9. The van der Waals surface area contributed by atoms with E-state index in [2.05, 4.69) is 5.32 Å². The van der Waals surface area contributed by atoms with E-state index >= 15 is 0 Å². The molecule has 10 heteroatoms. The first kappa shape index (κ1) is 21.3. The molecule has 30 heavy (non-hydrogen) atoms. The number of carbonyl (C=O) groups is 2. The van der Waals surface area contributed by atoms with E-state index in [1.807, 2.05) is 0 Å². The lowest BCUT2D eigenvalue weighted by Crippen LogP contribution is -2.37. The van der Waals surface area contributed by atoms with E-state index < -0.39 is 17.6 Å². The second-order valence-corrected chi connectivity index (χ2v) is 6.51. The molecule has 1 heterocycles. The van der Waals surface area contributed by atoms with E-state index in [4.69, 9.17) is 9.47 Å². The average Bonchev–Trinajstić information content (AvgIpc) is 3.07. The van der Waals surface area contributed by atoms with Gasteiger partial charge >= 0.3 is 12.2 Å². The molecule has 1 fully saturated rings. The van der Waals surface area contributed by atoms with Gasteiger partial charge in [-0.1, -0.05) is 0 Å². The molecule has 0 aromatic heterocycles. The summed E-state index contributed by atoms with van der Waals surface area (Å²) in [6, 6.07) is 9.32. The Morgan fingerprint density at radius 2 is 1.77 bits per heavy atom. The Morgan fingerprint density at radius 1 is 1.07 bits per heavy atom. The third-order valence-corrected chi connectivity index (χ3v) is 4.61. The SMILES string of the molecule is COc1ccc(N2CCN(CC(=O)Nc3cc(C(F)(F)F)ccc3OC)C2=O)cc1. The number of rotatable bonds is 6. The summed E-state index contributed by atoms with van der Waals surface area (Å²) < 4.78 is 49.0. The molecular formula is C20H20F3N3O4. The molecule has 1 N–H and O–H groups in total. The van der Waals surface area contributed by atoms with Gasteiger partial charge in [0.2, 0.25) is 5.91 Å². The maximum Gasteiger partial charge on any atom is 0.416 e. The summed E-state index contributed by atoms with van der Waals surface area (Å²) in [6.07, 6.45) is -4.56. The van der Waals surface area contributed by atoms with Gasteiger partial charge < -0.3 is 19.7 Å². The molecule has 2 aromatic rings. The van der Waals surface area contributed by atoms with Gasteiger partial charge in [0.25, 0.3) is 0 Å². The van der Waals surface area contributed by atoms with Crippen LogP contribution in [0.15, 0.2) is 42.5 Å². The number of hydrogen-bond acceptors (Lipinski definition) is 4. The summed E-state index contributed by atoms with van der Waals surface area (Å²) in [7, 11) is 2.82. The maximum atomic E-state index is 13.0. The van der Waals surface area contributed by atoms with E-state index in [1.165, 1.54) is 24.0 Å². The van der Waals surface area contributed by atoms with Gasteiger partial charge in [-0.2, -0.15) is 13.2 Å². The fourth-order valence-corrected chi connectivity index (χ4v) is 3.08. The summed E-state index contributed by atoms with van der Waals surface area (Å²) >= 11 is 0. The van der Waals surface area contributed by atoms with Gasteiger partial charge in [-0.25, -0.2) is 4.79 Å². The van der Waals surface area contributed by atoms with Crippen LogP contribution in [0.3, 0.4) is 0 Å². The first-order valence-electron chi connectivity index (χ1n) is 8.98. The minimum Gasteiger partial charge on any atom is -0.497 e. The monoisotopic (exact) mass is 423 g/mol. The number of anilines is 2. The molecule has 3 rings (SSSR count). The number of benzene rings is 2. The molecule has 2 aromatic carbocycles. The number of halogens is 3. The Bertz CT molecular complexity index is 932. The smallest absolute Gasteiger partial charge is 0.416 e. The first-order chi connectivity index (χ1) is 14.2. The number of nitrogens with one attached hydrogen (secondary N) is 1. The van der Waals surface area contributed by atoms with Crippen LogP contribution in [0.1, 0.15) is 5.56 Å². The number of amides is 3. The van der Waals surface area contributed by atoms with Crippen LogP contribution in [-0.2, 0) is 11.0 Å². The quantitative estimate of drug-likeness (QED) is 0.771. The van der Waals surface area contributed by atoms with E-state index in [-0.39, 0.29) is 24.0 Å². The van der Waals surface area contributed by atoms with Crippen LogP contribution in [0.5, 0.6) is 11.5 Å². The third-order valence-electron chi connectivity index (χ3n) is 4.61. The van der Waals surface area contributed by atoms with Crippen molar-refractivity contribution in [3.05, 3.63) is 48.0 Å². The Labute approximate surface area is 171 Å². The lowest BCUT2D eigenvalue weighted by atomic mass is 10.1. The van der Waals surface area contributed by atoms with Gasteiger partial charge in [0.15, 0.2) is 0 Å². The summed E-state index contributed by atoms with van der Waals surface area (Å²) in [5.74, 6) is 0.109. The van der Waals surface area contributed by atoms with Crippen LogP contribution >= 0.6 is 0 Å². The summed E-state index contributed by atoms with van der Waals surface area (Å²) in [5, 5.41) is 2.40. The van der Waals surface area contributed by atoms with Gasteiger partial charge in [-0.15, -0.1) is 0 Å². The van der Waals surface area contributed by atoms with Crippen molar-refractivity contribution in [1.29, 1.82) is 0 Å². The molecule has 0 unspecified atom stereocenters. The highest BCUT2D eigenvalue weighted by atomic mass is 19.4. The number of carbonyl (C=O) groups excluding carboxylic acids is 2. The second-order valence-electron chi connectivity index (χ2n) is 6.51. The lowest BCUT2D eigenvalue weighted by molar-refractivity contribution is -0.137. The van der Waals surface area contributed by atoms with E-state index in [1.54, 1.807) is 24.3 Å². The van der Waals surface area contributed by atoms with Crippen molar-refractivity contribution in [2.75, 3.05) is 44.1 Å². The van der Waals surface area contributed by atoms with Crippen molar-refractivity contribution in [3.8, 4) is 11.5 Å². The molecule has 0 atom stereocenters. The number of nitrogens with zero attached hydrogens (tertiary/aromatic N) is 2. The van der Waals surface area contributed by atoms with Crippen LogP contribution in [0.2, 0.25) is 0 Å². The minimum atomic E-state index is -4.56. The zero-order valence-corrected chi connectivity index (χ0v) is 16.3. The molecule has 0 aliphatic carbocycles. The number of hydrogen-bond donors (Lipinski definition) is 1. The fourth-order valence-electron chi connectivity index (χ4n) is 3.08. The summed E-state index contributed by atoms with van der Waals surface area (Å²) in [5.41, 5.74) is -0.374. The molecule has 0 spiro atoms. The van der Waals surface area contributed by atoms with E-state index in [9.17, 15) is 22.8 Å². The normalized spacial score (nSPS) is 14.1. The molecule has 0 radical (unpaired) electrons. The van der Waals surface area contributed by atoms with E-state index in [0.29, 0.717) is 24.5 Å². The number of methoxy groups -OCH3 is 2. The molecular weight excluding hydrogens is 403 g/mol. The Kier molecular flexibility index (Phi) is 6.04. The topological polar surface area (TPSA) is 71.1 Å². The van der Waals surface area contributed by atoms with Crippen LogP contribution in [0, 0.1) is 0 Å². The highest BCUT2D eigenvalue weighted by molar-refractivity contribution is 6.00. The van der Waals surface area contributed by atoms with Crippen molar-refractivity contribution in [2.45, 2.75) is 6.18 Å². The van der Waals surface area contributed by atoms with Gasteiger partial charge in [-0.3, -0.25) is 9.69 Å². The zero-order valence-electron chi connectivity index (χ0n) is 16.3. The standard InChI is InChI=1S/C20H20F3N3O4/c1-29-15-6-4-14(5-7-15)26-10-9-25(19(26)28)12-18(27)24-16-11-13(20(21,22)23)3-8-17(16)30-2/h3-8,11H,9-10,12H2,1-2H3,(H,24,27). The third kappa shape index (κ3) is 4.58. The minimum absolute atomic E-state index is 0.0870. The van der Waals surface area contributed by atoms with Crippen molar-refractivity contribution < 1.29 is 32.2 Å². The number of ether oxygens (including phenoxy) is 2. The Morgan fingerprint density at radius 3 is 2.37 bits per heavy atom. The van der Waals surface area contributed by atoms with Crippen LogP contribution < -0.4 is 19.7 Å². The molecule has 1 saturated heterocycles. The summed E-state index contributed by atoms with van der Waals surface area (Å²) in [6.45, 7) is 0.383. The van der Waals surface area contributed by atoms with Crippen LogP contribution in [0.4, 0.5) is 29.3 Å². The Balaban J connectivity index is 1.67. The largest absolute Gasteiger partial charge is 0.497 e. The summed E-state index contributed by atoms with van der Waals surface area (Å²) in [4.78, 5) is 27.8. The highest BCUT2D eigenvalue weighted by Gasteiger charge is 2.33. The number of urea groups is 1. The molecule has 1 aliphatic rings. The molecule has 7 nitrogen and oxygen atoms in total. The van der Waals surface area contributed by atoms with Crippen molar-refractivity contribution in [2.24, 2.45) is 0 Å². The maximum absolute atomic E-state index is 13.0. The number of alkyl halides is 3.